The molecule has 0 radical (unpaired) electrons. The highest BCUT2D eigenvalue weighted by Crippen LogP contribution is 2.16. The van der Waals surface area contributed by atoms with Crippen LogP contribution in [0.1, 0.15) is 26.8 Å². The van der Waals surface area contributed by atoms with Gasteiger partial charge in [0.15, 0.2) is 0 Å². The van der Waals surface area contributed by atoms with Crippen LogP contribution in [0.2, 0.25) is 0 Å². The number of hydrogen-bond donors (Lipinski definition) is 1. The molecule has 2 heterocycles. The van der Waals surface area contributed by atoms with Crippen LogP contribution in [0.4, 0.5) is 4.79 Å². The number of nitrogens with one attached hydrogen (secondary N) is 1. The second-order valence-electron chi connectivity index (χ2n) is 4.83. The summed E-state index contributed by atoms with van der Waals surface area (Å²) in [5.74, 6) is 0.760. The first-order chi connectivity index (χ1) is 9.47. The third-order valence-electron chi connectivity index (χ3n) is 3.13. The molecule has 0 aliphatic heterocycles. The van der Waals surface area contributed by atoms with Crippen LogP contribution in [0.5, 0.6) is 0 Å². The Morgan fingerprint density at radius 2 is 2.15 bits per heavy atom. The second kappa shape index (κ2) is 6.09. The van der Waals surface area contributed by atoms with E-state index in [1.54, 1.807) is 23.3 Å². The van der Waals surface area contributed by atoms with E-state index in [0.29, 0.717) is 13.1 Å². The highest BCUT2D eigenvalue weighted by atomic mass is 32.1. The molecule has 0 aliphatic rings. The zero-order valence-electron chi connectivity index (χ0n) is 12.2. The summed E-state index contributed by atoms with van der Waals surface area (Å²) in [5.41, 5.74) is 1.80. The summed E-state index contributed by atoms with van der Waals surface area (Å²) < 4.78 is 5.10. The predicted octanol–water partition coefficient (Wildman–Crippen LogP) is 3.00. The number of thiophene rings is 1. The van der Waals surface area contributed by atoms with Gasteiger partial charge in [-0.3, -0.25) is 0 Å². The van der Waals surface area contributed by atoms with Crippen molar-refractivity contribution in [3.8, 4) is 0 Å². The highest BCUT2D eigenvalue weighted by Gasteiger charge is 2.15. The minimum absolute atomic E-state index is 0.101. The second-order valence-corrected chi connectivity index (χ2v) is 6.20. The molecule has 0 spiro atoms. The Balaban J connectivity index is 1.89. The molecular formula is C14H19N3O2S. The standard InChI is InChI=1S/C14H19N3O2S/c1-9-5-6-12(20-9)7-15-14(18)17(4)8-13-10(2)16-19-11(13)3/h5-6H,7-8H2,1-4H3,(H,15,18). The maximum absolute atomic E-state index is 12.0. The van der Waals surface area contributed by atoms with Crippen molar-refractivity contribution in [3.05, 3.63) is 38.9 Å². The molecule has 0 fully saturated rings. The molecule has 2 rings (SSSR count). The molecule has 5 nitrogen and oxygen atoms in total. The average molecular weight is 293 g/mol. The zero-order chi connectivity index (χ0) is 14.7. The van der Waals surface area contributed by atoms with E-state index in [4.69, 9.17) is 4.52 Å². The lowest BCUT2D eigenvalue weighted by atomic mass is 10.2. The van der Waals surface area contributed by atoms with Crippen LogP contribution in [0.3, 0.4) is 0 Å². The molecule has 0 aromatic carbocycles. The normalized spacial score (nSPS) is 10.6. The fourth-order valence-corrected chi connectivity index (χ4v) is 2.74. The number of amides is 2. The summed E-state index contributed by atoms with van der Waals surface area (Å²) >= 11 is 1.69. The maximum Gasteiger partial charge on any atom is 0.317 e. The quantitative estimate of drug-likeness (QED) is 0.942. The minimum atomic E-state index is -0.101. The van der Waals surface area contributed by atoms with Crippen LogP contribution in [0.25, 0.3) is 0 Å². The summed E-state index contributed by atoms with van der Waals surface area (Å²) in [6.07, 6.45) is 0. The van der Waals surface area contributed by atoms with Crippen LogP contribution < -0.4 is 5.32 Å². The lowest BCUT2D eigenvalue weighted by Gasteiger charge is -2.17. The smallest absolute Gasteiger partial charge is 0.317 e. The molecular weight excluding hydrogens is 274 g/mol. The Morgan fingerprint density at radius 3 is 2.70 bits per heavy atom. The van der Waals surface area contributed by atoms with Crippen LogP contribution in [-0.2, 0) is 13.1 Å². The van der Waals surface area contributed by atoms with Crippen LogP contribution in [0, 0.1) is 20.8 Å². The monoisotopic (exact) mass is 293 g/mol. The fraction of sp³-hybridized carbons (Fsp3) is 0.429. The number of carbonyl (C=O) groups is 1. The van der Waals surface area contributed by atoms with E-state index in [9.17, 15) is 4.79 Å². The van der Waals surface area contributed by atoms with Gasteiger partial charge in [-0.15, -0.1) is 11.3 Å². The van der Waals surface area contributed by atoms with Gasteiger partial charge in [0.25, 0.3) is 0 Å². The predicted molar refractivity (Wildman–Crippen MR) is 78.7 cm³/mol. The van der Waals surface area contributed by atoms with Gasteiger partial charge in [0, 0.05) is 22.4 Å². The minimum Gasteiger partial charge on any atom is -0.361 e. The molecule has 2 aromatic rings. The van der Waals surface area contributed by atoms with Crippen LogP contribution >= 0.6 is 11.3 Å². The van der Waals surface area contributed by atoms with Crippen molar-refractivity contribution >= 4 is 17.4 Å². The van der Waals surface area contributed by atoms with Crippen molar-refractivity contribution in [2.24, 2.45) is 0 Å². The van der Waals surface area contributed by atoms with Gasteiger partial charge in [-0.25, -0.2) is 4.79 Å². The summed E-state index contributed by atoms with van der Waals surface area (Å²) in [6.45, 7) is 6.85. The summed E-state index contributed by atoms with van der Waals surface area (Å²) in [6, 6.07) is 3.99. The SMILES string of the molecule is Cc1ccc(CNC(=O)N(C)Cc2c(C)noc2C)s1. The van der Waals surface area contributed by atoms with Crippen molar-refractivity contribution < 1.29 is 9.32 Å². The molecule has 0 atom stereocenters. The molecule has 6 heteroatoms. The first-order valence-electron chi connectivity index (χ1n) is 6.43. The maximum atomic E-state index is 12.0. The van der Waals surface area contributed by atoms with Gasteiger partial charge in [0.05, 0.1) is 18.8 Å². The molecule has 0 saturated heterocycles. The van der Waals surface area contributed by atoms with Gasteiger partial charge < -0.3 is 14.7 Å². The van der Waals surface area contributed by atoms with Crippen molar-refractivity contribution in [2.75, 3.05) is 7.05 Å². The number of aromatic nitrogens is 1. The number of aryl methyl sites for hydroxylation is 3. The number of urea groups is 1. The molecule has 108 valence electrons. The topological polar surface area (TPSA) is 58.4 Å². The molecule has 0 bridgehead atoms. The van der Waals surface area contributed by atoms with Gasteiger partial charge in [-0.2, -0.15) is 0 Å². The molecule has 0 saturated carbocycles. The fourth-order valence-electron chi connectivity index (χ4n) is 1.91. The molecule has 0 aliphatic carbocycles. The Hall–Kier alpha value is -1.82. The van der Waals surface area contributed by atoms with Gasteiger partial charge in [0.1, 0.15) is 5.76 Å². The number of rotatable bonds is 4. The lowest BCUT2D eigenvalue weighted by molar-refractivity contribution is 0.206. The molecule has 20 heavy (non-hydrogen) atoms. The largest absolute Gasteiger partial charge is 0.361 e. The van der Waals surface area contributed by atoms with Gasteiger partial charge in [0.2, 0.25) is 0 Å². The molecule has 2 aromatic heterocycles. The van der Waals surface area contributed by atoms with Crippen LogP contribution in [-0.4, -0.2) is 23.1 Å². The van der Waals surface area contributed by atoms with E-state index in [0.717, 1.165) is 21.9 Å². The first-order valence-corrected chi connectivity index (χ1v) is 7.25. The Morgan fingerprint density at radius 1 is 1.40 bits per heavy atom. The zero-order valence-corrected chi connectivity index (χ0v) is 13.0. The number of nitrogens with zero attached hydrogens (tertiary/aromatic N) is 2. The summed E-state index contributed by atoms with van der Waals surface area (Å²) in [4.78, 5) is 16.1. The van der Waals surface area contributed by atoms with Crippen molar-refractivity contribution in [1.82, 2.24) is 15.4 Å². The van der Waals surface area contributed by atoms with Crippen molar-refractivity contribution in [3.63, 3.8) is 0 Å². The van der Waals surface area contributed by atoms with Gasteiger partial charge >= 0.3 is 6.03 Å². The van der Waals surface area contributed by atoms with Gasteiger partial charge in [-0.1, -0.05) is 5.16 Å². The Labute approximate surface area is 122 Å². The molecule has 2 amide bonds. The third kappa shape index (κ3) is 3.39. The first kappa shape index (κ1) is 14.6. The van der Waals surface area contributed by atoms with E-state index in [1.165, 1.54) is 4.88 Å². The number of carbonyl (C=O) groups excluding carboxylic acids is 1. The Bertz CT molecular complexity index is 584. The van der Waals surface area contributed by atoms with E-state index < -0.39 is 0 Å². The van der Waals surface area contributed by atoms with E-state index in [-0.39, 0.29) is 6.03 Å². The summed E-state index contributed by atoms with van der Waals surface area (Å²) in [7, 11) is 1.76. The Kier molecular flexibility index (Phi) is 4.44. The third-order valence-corrected chi connectivity index (χ3v) is 4.13. The van der Waals surface area contributed by atoms with Crippen LogP contribution in [0.15, 0.2) is 16.7 Å². The van der Waals surface area contributed by atoms with Gasteiger partial charge in [-0.05, 0) is 32.9 Å². The van der Waals surface area contributed by atoms with E-state index in [2.05, 4.69) is 23.5 Å². The van der Waals surface area contributed by atoms with E-state index in [1.807, 2.05) is 19.9 Å². The average Bonchev–Trinajstić information content (AvgIpc) is 2.96. The van der Waals surface area contributed by atoms with E-state index >= 15 is 0 Å². The highest BCUT2D eigenvalue weighted by molar-refractivity contribution is 7.11. The summed E-state index contributed by atoms with van der Waals surface area (Å²) in [5, 5.41) is 6.80. The lowest BCUT2D eigenvalue weighted by Crippen LogP contribution is -2.36. The number of hydrogen-bond acceptors (Lipinski definition) is 4. The van der Waals surface area contributed by atoms with Crippen molar-refractivity contribution in [2.45, 2.75) is 33.9 Å². The molecule has 1 N–H and O–H groups in total. The molecule has 0 unspecified atom stereocenters. The van der Waals surface area contributed by atoms with Crippen molar-refractivity contribution in [1.29, 1.82) is 0 Å².